The molecular weight excluding hydrogens is 246 g/mol. The van der Waals surface area contributed by atoms with Gasteiger partial charge in [0.25, 0.3) is 0 Å². The Balaban J connectivity index is -0.000000445. The predicted octanol–water partition coefficient (Wildman–Crippen LogP) is 2.26. The van der Waals surface area contributed by atoms with Crippen LogP contribution < -0.4 is 5.73 Å². The van der Waals surface area contributed by atoms with Gasteiger partial charge in [-0.1, -0.05) is 13.8 Å². The average molecular weight is 275 g/mol. The van der Waals surface area contributed by atoms with Crippen molar-refractivity contribution in [3.63, 3.8) is 0 Å². The summed E-state index contributed by atoms with van der Waals surface area (Å²) in [7, 11) is 0. The minimum Gasteiger partial charge on any atom is -0.460 e. The summed E-state index contributed by atoms with van der Waals surface area (Å²) in [5.41, 5.74) is 5.00. The number of Topliss-reactive ketones (excluding diaryl/α,β-unsaturated/α-hetero) is 1. The molecule has 0 aromatic carbocycles. The molecule has 0 aromatic rings. The second-order valence-corrected chi connectivity index (χ2v) is 4.58. The fraction of sp³-hybridized carbons (Fsp3) is 0.786. The molecule has 0 aliphatic carbocycles. The second kappa shape index (κ2) is 13.2. The van der Waals surface area contributed by atoms with Gasteiger partial charge in [-0.2, -0.15) is 0 Å². The number of carbonyl (C=O) groups is 3. The Labute approximate surface area is 116 Å². The molecule has 1 unspecified atom stereocenters. The molecule has 114 valence electrons. The summed E-state index contributed by atoms with van der Waals surface area (Å²) >= 11 is 0. The van der Waals surface area contributed by atoms with Crippen LogP contribution in [0.3, 0.4) is 0 Å². The zero-order valence-electron chi connectivity index (χ0n) is 13.3. The standard InChI is InChI=1S/C10H19NO3.C2H4O.C2H6/c1-7(12)8(11)5-6-9(13)14-10(2,3)4;1-2-3;1-2/h8H,5-6,11H2,1-4H3;2H,1H3;1-2H3. The van der Waals surface area contributed by atoms with E-state index in [9.17, 15) is 9.59 Å². The monoisotopic (exact) mass is 275 g/mol. The molecule has 0 heterocycles. The van der Waals surface area contributed by atoms with Gasteiger partial charge in [-0.3, -0.25) is 9.59 Å². The minimum absolute atomic E-state index is 0.103. The summed E-state index contributed by atoms with van der Waals surface area (Å²) in [6, 6.07) is -0.553. The molecular formula is C14H29NO4. The third-order valence-electron chi connectivity index (χ3n) is 1.60. The van der Waals surface area contributed by atoms with E-state index >= 15 is 0 Å². The molecule has 0 aliphatic heterocycles. The van der Waals surface area contributed by atoms with E-state index in [0.29, 0.717) is 6.42 Å². The normalized spacial score (nSPS) is 10.9. The number of ether oxygens (including phenoxy) is 1. The lowest BCUT2D eigenvalue weighted by atomic mass is 10.1. The van der Waals surface area contributed by atoms with Gasteiger partial charge in [-0.05, 0) is 41.0 Å². The topological polar surface area (TPSA) is 86.5 Å². The maximum absolute atomic E-state index is 11.2. The molecule has 5 heteroatoms. The lowest BCUT2D eigenvalue weighted by Crippen LogP contribution is -2.30. The minimum atomic E-state index is -0.553. The van der Waals surface area contributed by atoms with E-state index in [1.165, 1.54) is 13.8 Å². The van der Waals surface area contributed by atoms with Crippen molar-refractivity contribution in [2.45, 2.75) is 73.0 Å². The number of rotatable bonds is 4. The summed E-state index contributed by atoms with van der Waals surface area (Å²) in [5, 5.41) is 0. The quantitative estimate of drug-likeness (QED) is 0.628. The molecule has 0 saturated carbocycles. The van der Waals surface area contributed by atoms with Gasteiger partial charge in [-0.15, -0.1) is 0 Å². The molecule has 0 rings (SSSR count). The van der Waals surface area contributed by atoms with Crippen LogP contribution in [0, 0.1) is 0 Å². The molecule has 5 nitrogen and oxygen atoms in total. The number of esters is 1. The van der Waals surface area contributed by atoms with E-state index in [4.69, 9.17) is 15.3 Å². The molecule has 2 N–H and O–H groups in total. The molecule has 0 radical (unpaired) electrons. The van der Waals surface area contributed by atoms with Crippen LogP contribution in [-0.2, 0) is 19.1 Å². The third kappa shape index (κ3) is 22.4. The van der Waals surface area contributed by atoms with Crippen LogP contribution in [0.2, 0.25) is 0 Å². The van der Waals surface area contributed by atoms with E-state index < -0.39 is 11.6 Å². The number of carbonyl (C=O) groups excluding carboxylic acids is 3. The average Bonchev–Trinajstić information content (AvgIpc) is 2.27. The molecule has 0 aliphatic rings. The maximum atomic E-state index is 11.2. The van der Waals surface area contributed by atoms with Gasteiger partial charge < -0.3 is 15.3 Å². The largest absolute Gasteiger partial charge is 0.460 e. The first-order valence-corrected chi connectivity index (χ1v) is 6.51. The van der Waals surface area contributed by atoms with Crippen LogP contribution >= 0.6 is 0 Å². The SMILES string of the molecule is CC.CC(=O)C(N)CCC(=O)OC(C)(C)C.CC=O. The lowest BCUT2D eigenvalue weighted by molar-refractivity contribution is -0.155. The summed E-state index contributed by atoms with van der Waals surface area (Å²) in [4.78, 5) is 30.8. The van der Waals surface area contributed by atoms with E-state index in [1.54, 1.807) is 20.8 Å². The van der Waals surface area contributed by atoms with E-state index in [-0.39, 0.29) is 18.2 Å². The second-order valence-electron chi connectivity index (χ2n) is 4.58. The molecule has 0 amide bonds. The highest BCUT2D eigenvalue weighted by atomic mass is 16.6. The van der Waals surface area contributed by atoms with Gasteiger partial charge in [0.1, 0.15) is 17.7 Å². The highest BCUT2D eigenvalue weighted by Gasteiger charge is 2.17. The van der Waals surface area contributed by atoms with Gasteiger partial charge in [0, 0.05) is 6.42 Å². The Hall–Kier alpha value is -1.23. The Bertz CT molecular complexity index is 257. The fourth-order valence-electron chi connectivity index (χ4n) is 0.869. The number of aldehydes is 1. The Kier molecular flexibility index (Phi) is 15.9. The van der Waals surface area contributed by atoms with Gasteiger partial charge in [0.05, 0.1) is 6.04 Å². The van der Waals surface area contributed by atoms with Gasteiger partial charge in [-0.25, -0.2) is 0 Å². The van der Waals surface area contributed by atoms with E-state index in [0.717, 1.165) is 6.29 Å². The molecule has 19 heavy (non-hydrogen) atoms. The van der Waals surface area contributed by atoms with Crippen molar-refractivity contribution in [3.05, 3.63) is 0 Å². The van der Waals surface area contributed by atoms with Gasteiger partial charge in [0.15, 0.2) is 0 Å². The molecule has 0 spiro atoms. The molecule has 0 aromatic heterocycles. The fourth-order valence-corrected chi connectivity index (χ4v) is 0.869. The number of hydrogen-bond acceptors (Lipinski definition) is 5. The maximum Gasteiger partial charge on any atom is 0.306 e. The van der Waals surface area contributed by atoms with Crippen molar-refractivity contribution in [1.29, 1.82) is 0 Å². The summed E-state index contributed by atoms with van der Waals surface area (Å²) < 4.78 is 5.06. The predicted molar refractivity (Wildman–Crippen MR) is 76.8 cm³/mol. The van der Waals surface area contributed by atoms with Gasteiger partial charge in [0.2, 0.25) is 0 Å². The summed E-state index contributed by atoms with van der Waals surface area (Å²) in [6.45, 7) is 12.3. The van der Waals surface area contributed by atoms with Crippen molar-refractivity contribution in [2.75, 3.05) is 0 Å². The first-order chi connectivity index (χ1) is 8.64. The zero-order chi connectivity index (χ0) is 16.1. The van der Waals surface area contributed by atoms with Crippen LogP contribution in [-0.4, -0.2) is 29.7 Å². The van der Waals surface area contributed by atoms with Crippen LogP contribution in [0.5, 0.6) is 0 Å². The van der Waals surface area contributed by atoms with Crippen LogP contribution in [0.1, 0.15) is 61.3 Å². The van der Waals surface area contributed by atoms with E-state index in [2.05, 4.69) is 0 Å². The number of ketones is 1. The highest BCUT2D eigenvalue weighted by Crippen LogP contribution is 2.09. The summed E-state index contributed by atoms with van der Waals surface area (Å²) in [5.74, 6) is -0.414. The van der Waals surface area contributed by atoms with Crippen molar-refractivity contribution >= 4 is 18.0 Å². The lowest BCUT2D eigenvalue weighted by Gasteiger charge is -2.19. The van der Waals surface area contributed by atoms with Crippen molar-refractivity contribution in [3.8, 4) is 0 Å². The Morgan fingerprint density at radius 3 is 1.89 bits per heavy atom. The Morgan fingerprint density at radius 2 is 1.63 bits per heavy atom. The van der Waals surface area contributed by atoms with E-state index in [1.807, 2.05) is 13.8 Å². The third-order valence-corrected chi connectivity index (χ3v) is 1.60. The smallest absolute Gasteiger partial charge is 0.306 e. The summed E-state index contributed by atoms with van der Waals surface area (Å²) in [6.07, 6.45) is 1.29. The first kappa shape index (κ1) is 22.9. The molecule has 0 bridgehead atoms. The van der Waals surface area contributed by atoms with Crippen LogP contribution in [0.4, 0.5) is 0 Å². The van der Waals surface area contributed by atoms with Crippen LogP contribution in [0.25, 0.3) is 0 Å². The number of nitrogens with two attached hydrogens (primary N) is 1. The zero-order valence-corrected chi connectivity index (χ0v) is 13.3. The van der Waals surface area contributed by atoms with Crippen molar-refractivity contribution in [2.24, 2.45) is 5.73 Å². The van der Waals surface area contributed by atoms with Crippen LogP contribution in [0.15, 0.2) is 0 Å². The molecule has 0 fully saturated rings. The highest BCUT2D eigenvalue weighted by molar-refractivity contribution is 5.81. The Morgan fingerprint density at radius 1 is 1.26 bits per heavy atom. The first-order valence-electron chi connectivity index (χ1n) is 6.51. The van der Waals surface area contributed by atoms with Gasteiger partial charge >= 0.3 is 5.97 Å². The van der Waals surface area contributed by atoms with Crippen molar-refractivity contribution < 1.29 is 19.1 Å². The van der Waals surface area contributed by atoms with Crippen molar-refractivity contribution in [1.82, 2.24) is 0 Å². The number of hydrogen-bond donors (Lipinski definition) is 1. The molecule has 0 saturated heterocycles. The molecule has 1 atom stereocenters.